The van der Waals surface area contributed by atoms with Crippen molar-refractivity contribution < 1.29 is 9.84 Å². The SMILES string of the molecule is Cn1c(=O)c2c(c3ccccc31)OC(N)=C(C#N)C2c1cc(Br)c(O)c(Br)c1. The highest BCUT2D eigenvalue weighted by atomic mass is 79.9. The highest BCUT2D eigenvalue weighted by Gasteiger charge is 2.35. The molecule has 0 fully saturated rings. The van der Waals surface area contributed by atoms with Crippen molar-refractivity contribution >= 4 is 42.8 Å². The van der Waals surface area contributed by atoms with E-state index in [0.717, 1.165) is 5.39 Å². The Morgan fingerprint density at radius 1 is 1.25 bits per heavy atom. The standard InChI is InChI=1S/C20H13Br2N3O3/c1-25-14-5-3-2-4-10(14)18-16(20(25)27)15(11(8-23)19(24)28-18)9-6-12(21)17(26)13(22)7-9/h2-7,15,26H,24H2,1H3. The second-order valence-corrected chi connectivity index (χ2v) is 8.09. The number of aryl methyl sites for hydroxylation is 1. The lowest BCUT2D eigenvalue weighted by Gasteiger charge is -2.28. The summed E-state index contributed by atoms with van der Waals surface area (Å²) in [5, 5.41) is 20.5. The van der Waals surface area contributed by atoms with Crippen LogP contribution in [0.2, 0.25) is 0 Å². The van der Waals surface area contributed by atoms with Gasteiger partial charge in [-0.1, -0.05) is 12.1 Å². The number of benzene rings is 2. The molecule has 140 valence electrons. The molecule has 1 aromatic heterocycles. The molecule has 8 heteroatoms. The number of fused-ring (bicyclic) bond motifs is 3. The Kier molecular flexibility index (Phi) is 4.44. The number of pyridine rings is 1. The van der Waals surface area contributed by atoms with Gasteiger partial charge >= 0.3 is 0 Å². The molecule has 0 bridgehead atoms. The van der Waals surface area contributed by atoms with Crippen LogP contribution in [-0.4, -0.2) is 9.67 Å². The summed E-state index contributed by atoms with van der Waals surface area (Å²) in [5.41, 5.74) is 7.58. The van der Waals surface area contributed by atoms with Gasteiger partial charge in [-0.3, -0.25) is 4.79 Å². The van der Waals surface area contributed by atoms with Crippen LogP contribution in [0.5, 0.6) is 11.5 Å². The topological polar surface area (TPSA) is 101 Å². The molecule has 1 aliphatic heterocycles. The van der Waals surface area contributed by atoms with Crippen LogP contribution in [0.25, 0.3) is 10.9 Å². The van der Waals surface area contributed by atoms with Gasteiger partial charge in [-0.05, 0) is 61.7 Å². The van der Waals surface area contributed by atoms with Gasteiger partial charge in [0.15, 0.2) is 0 Å². The number of aromatic nitrogens is 1. The molecule has 0 saturated carbocycles. The maximum atomic E-state index is 13.3. The fraction of sp³-hybridized carbons (Fsp3) is 0.100. The molecule has 3 N–H and O–H groups in total. The Balaban J connectivity index is 2.14. The molecule has 2 aromatic carbocycles. The first kappa shape index (κ1) is 18.6. The number of nitrogens with zero attached hydrogens (tertiary/aromatic N) is 2. The van der Waals surface area contributed by atoms with E-state index in [0.29, 0.717) is 31.3 Å². The first-order valence-electron chi connectivity index (χ1n) is 8.22. The van der Waals surface area contributed by atoms with E-state index in [1.165, 1.54) is 4.57 Å². The predicted molar refractivity (Wildman–Crippen MR) is 112 cm³/mol. The fourth-order valence-electron chi connectivity index (χ4n) is 3.51. The van der Waals surface area contributed by atoms with Gasteiger partial charge in [0, 0.05) is 12.4 Å². The lowest BCUT2D eigenvalue weighted by atomic mass is 9.83. The minimum atomic E-state index is -0.731. The van der Waals surface area contributed by atoms with E-state index >= 15 is 0 Å². The molecule has 0 spiro atoms. The maximum absolute atomic E-state index is 13.3. The summed E-state index contributed by atoms with van der Waals surface area (Å²) in [4.78, 5) is 13.3. The van der Waals surface area contributed by atoms with Gasteiger partial charge in [-0.2, -0.15) is 5.26 Å². The minimum Gasteiger partial charge on any atom is -0.506 e. The zero-order chi connectivity index (χ0) is 20.2. The Labute approximate surface area is 176 Å². The van der Waals surface area contributed by atoms with Gasteiger partial charge < -0.3 is 20.1 Å². The first-order valence-corrected chi connectivity index (χ1v) is 9.80. The van der Waals surface area contributed by atoms with Crippen LogP contribution in [0.4, 0.5) is 0 Å². The molecule has 6 nitrogen and oxygen atoms in total. The summed E-state index contributed by atoms with van der Waals surface area (Å²) in [7, 11) is 1.68. The smallest absolute Gasteiger partial charge is 0.258 e. The lowest BCUT2D eigenvalue weighted by molar-refractivity contribution is 0.396. The summed E-state index contributed by atoms with van der Waals surface area (Å²) in [6.45, 7) is 0. The van der Waals surface area contributed by atoms with E-state index in [9.17, 15) is 15.2 Å². The number of para-hydroxylation sites is 1. The normalized spacial score (nSPS) is 15.9. The van der Waals surface area contributed by atoms with Crippen molar-refractivity contribution in [3.05, 3.63) is 78.3 Å². The molecular formula is C20H13Br2N3O3. The Hall–Kier alpha value is -2.76. The molecule has 0 amide bonds. The molecule has 1 aliphatic rings. The summed E-state index contributed by atoms with van der Waals surface area (Å²) < 4.78 is 8.16. The quantitative estimate of drug-likeness (QED) is 0.524. The highest BCUT2D eigenvalue weighted by Crippen LogP contribution is 2.45. The van der Waals surface area contributed by atoms with Crippen molar-refractivity contribution in [2.45, 2.75) is 5.92 Å². The third-order valence-electron chi connectivity index (χ3n) is 4.84. The van der Waals surface area contributed by atoms with Crippen LogP contribution >= 0.6 is 31.9 Å². The van der Waals surface area contributed by atoms with Gasteiger partial charge in [-0.15, -0.1) is 0 Å². The van der Waals surface area contributed by atoms with Gasteiger partial charge in [0.05, 0.1) is 25.9 Å². The number of rotatable bonds is 1. The van der Waals surface area contributed by atoms with Crippen LogP contribution in [-0.2, 0) is 7.05 Å². The van der Waals surface area contributed by atoms with Crippen LogP contribution in [0, 0.1) is 11.3 Å². The summed E-state index contributed by atoms with van der Waals surface area (Å²) >= 11 is 6.62. The third-order valence-corrected chi connectivity index (χ3v) is 6.05. The van der Waals surface area contributed by atoms with Crippen LogP contribution < -0.4 is 16.0 Å². The van der Waals surface area contributed by atoms with Crippen LogP contribution in [0.15, 0.2) is 61.6 Å². The third kappa shape index (κ3) is 2.62. The Morgan fingerprint density at radius 2 is 1.89 bits per heavy atom. The van der Waals surface area contributed by atoms with Gasteiger partial charge in [0.25, 0.3) is 5.56 Å². The van der Waals surface area contributed by atoms with Crippen molar-refractivity contribution in [1.29, 1.82) is 5.26 Å². The molecule has 1 unspecified atom stereocenters. The largest absolute Gasteiger partial charge is 0.506 e. The molecular weight excluding hydrogens is 490 g/mol. The van der Waals surface area contributed by atoms with Gasteiger partial charge in [0.1, 0.15) is 23.1 Å². The van der Waals surface area contributed by atoms with E-state index in [2.05, 4.69) is 37.9 Å². The number of hydrogen-bond acceptors (Lipinski definition) is 5. The van der Waals surface area contributed by atoms with Crippen molar-refractivity contribution in [2.75, 3.05) is 0 Å². The second-order valence-electron chi connectivity index (χ2n) is 6.38. The number of phenols is 1. The molecule has 3 aromatic rings. The van der Waals surface area contributed by atoms with E-state index in [1.807, 2.05) is 24.3 Å². The summed E-state index contributed by atoms with van der Waals surface area (Å²) in [6, 6.07) is 12.8. The van der Waals surface area contributed by atoms with Crippen LogP contribution in [0.3, 0.4) is 0 Å². The molecule has 28 heavy (non-hydrogen) atoms. The van der Waals surface area contributed by atoms with Crippen molar-refractivity contribution in [3.63, 3.8) is 0 Å². The Morgan fingerprint density at radius 3 is 2.54 bits per heavy atom. The Bertz CT molecular complexity index is 1270. The van der Waals surface area contributed by atoms with E-state index in [4.69, 9.17) is 10.5 Å². The van der Waals surface area contributed by atoms with E-state index in [-0.39, 0.29) is 22.8 Å². The van der Waals surface area contributed by atoms with Crippen molar-refractivity contribution in [2.24, 2.45) is 12.8 Å². The molecule has 0 saturated heterocycles. The fourth-order valence-corrected chi connectivity index (χ4v) is 4.73. The zero-order valence-electron chi connectivity index (χ0n) is 14.5. The number of phenolic OH excluding ortho intramolecular Hbond substituents is 1. The number of halogens is 2. The maximum Gasteiger partial charge on any atom is 0.258 e. The lowest BCUT2D eigenvalue weighted by Crippen LogP contribution is -2.31. The van der Waals surface area contributed by atoms with Gasteiger partial charge in [-0.25, -0.2) is 0 Å². The summed E-state index contributed by atoms with van der Waals surface area (Å²) in [6.07, 6.45) is 0. The highest BCUT2D eigenvalue weighted by molar-refractivity contribution is 9.11. The van der Waals surface area contributed by atoms with E-state index in [1.54, 1.807) is 19.2 Å². The second kappa shape index (κ2) is 6.69. The van der Waals surface area contributed by atoms with E-state index < -0.39 is 5.92 Å². The van der Waals surface area contributed by atoms with Crippen molar-refractivity contribution in [3.8, 4) is 17.6 Å². The minimum absolute atomic E-state index is 0.0258. The van der Waals surface area contributed by atoms with Crippen LogP contribution in [0.1, 0.15) is 17.0 Å². The van der Waals surface area contributed by atoms with Gasteiger partial charge in [0.2, 0.25) is 5.88 Å². The first-order chi connectivity index (χ1) is 13.3. The molecule has 1 atom stereocenters. The average Bonchev–Trinajstić information content (AvgIpc) is 2.69. The monoisotopic (exact) mass is 501 g/mol. The average molecular weight is 503 g/mol. The molecule has 0 aliphatic carbocycles. The number of nitrogens with two attached hydrogens (primary N) is 1. The molecule has 0 radical (unpaired) electrons. The number of nitriles is 1. The molecule has 2 heterocycles. The van der Waals surface area contributed by atoms with Crippen molar-refractivity contribution in [1.82, 2.24) is 4.57 Å². The predicted octanol–water partition coefficient (Wildman–Crippen LogP) is 3.99. The molecule has 4 rings (SSSR count). The summed E-state index contributed by atoms with van der Waals surface area (Å²) in [5.74, 6) is -0.401. The number of allylic oxidation sites excluding steroid dienone is 1. The number of ether oxygens (including phenoxy) is 1. The number of aromatic hydroxyl groups is 1. The number of hydrogen-bond donors (Lipinski definition) is 2. The zero-order valence-corrected chi connectivity index (χ0v) is 17.7.